The average Bonchev–Trinajstić information content (AvgIpc) is 2.75. The molecule has 8 nitrogen and oxygen atoms in total. The van der Waals surface area contributed by atoms with Crippen LogP contribution in [0.3, 0.4) is 0 Å². The molecule has 0 aliphatic heterocycles. The van der Waals surface area contributed by atoms with Crippen LogP contribution in [0.25, 0.3) is 0 Å². The van der Waals surface area contributed by atoms with Gasteiger partial charge in [-0.15, -0.1) is 0 Å². The zero-order chi connectivity index (χ0) is 24.1. The lowest BCUT2D eigenvalue weighted by Crippen LogP contribution is -1.99. The monoisotopic (exact) mass is 470 g/mol. The molecule has 0 fully saturated rings. The lowest BCUT2D eigenvalue weighted by molar-refractivity contribution is 0.291. The van der Waals surface area contributed by atoms with Crippen LogP contribution in [0.2, 0.25) is 0 Å². The Morgan fingerprint density at radius 2 is 0.788 bits per heavy atom. The van der Waals surface area contributed by atoms with E-state index in [1.807, 2.05) is 0 Å². The van der Waals surface area contributed by atoms with Gasteiger partial charge < -0.3 is 29.5 Å². The molecular formula is C24H23O8P. The number of phenols is 4. The van der Waals surface area contributed by atoms with Crippen LogP contribution in [0.5, 0.6) is 34.5 Å². The average molecular weight is 470 g/mol. The number of hydrogen-bond acceptors (Lipinski definition) is 7. The van der Waals surface area contributed by atoms with Crippen LogP contribution in [0.1, 0.15) is 0 Å². The van der Waals surface area contributed by atoms with Gasteiger partial charge in [-0.3, -0.25) is 4.89 Å². The third kappa shape index (κ3) is 10.6. The SMILES string of the molecule is O=P(O)(Oc1ccccc1)Oc1ccccc1.Oc1cccc(O)c1.Oc1cccc(O)c1. The van der Waals surface area contributed by atoms with Crippen molar-refractivity contribution in [2.24, 2.45) is 0 Å². The van der Waals surface area contributed by atoms with Gasteiger partial charge in [0.2, 0.25) is 0 Å². The molecule has 0 amide bonds. The van der Waals surface area contributed by atoms with Gasteiger partial charge in [0.05, 0.1) is 0 Å². The number of aromatic hydroxyl groups is 4. The summed E-state index contributed by atoms with van der Waals surface area (Å²) in [7, 11) is -4.14. The van der Waals surface area contributed by atoms with Crippen molar-refractivity contribution in [3.8, 4) is 34.5 Å². The van der Waals surface area contributed by atoms with E-state index in [1.165, 1.54) is 36.4 Å². The molecule has 0 atom stereocenters. The molecule has 0 bridgehead atoms. The second kappa shape index (κ2) is 12.7. The molecule has 9 heteroatoms. The molecule has 33 heavy (non-hydrogen) atoms. The lowest BCUT2D eigenvalue weighted by Gasteiger charge is -2.13. The van der Waals surface area contributed by atoms with Gasteiger partial charge in [0.15, 0.2) is 0 Å². The Morgan fingerprint density at radius 3 is 1.03 bits per heavy atom. The summed E-state index contributed by atoms with van der Waals surface area (Å²) in [4.78, 5) is 9.53. The standard InChI is InChI=1S/C12H11O4P.2C6H6O2/c13-17(14,15-11-7-3-1-4-8-11)16-12-9-5-2-6-10-12;2*7-5-2-1-3-6(8)4-5/h1-10H,(H,13,14);2*1-4,7-8H. The van der Waals surface area contributed by atoms with Crippen molar-refractivity contribution < 1.29 is 38.9 Å². The van der Waals surface area contributed by atoms with E-state index in [4.69, 9.17) is 29.5 Å². The summed E-state index contributed by atoms with van der Waals surface area (Å²) >= 11 is 0. The van der Waals surface area contributed by atoms with Crippen LogP contribution in [0.4, 0.5) is 0 Å². The third-order valence-corrected chi connectivity index (χ3v) is 4.47. The molecular weight excluding hydrogens is 447 g/mol. The van der Waals surface area contributed by atoms with Crippen molar-refractivity contribution in [2.75, 3.05) is 0 Å². The smallest absolute Gasteiger partial charge is 0.508 e. The number of phosphoric ester groups is 1. The highest BCUT2D eigenvalue weighted by atomic mass is 31.2. The maximum Gasteiger partial charge on any atom is 0.584 e. The third-order valence-electron chi connectivity index (χ3n) is 3.59. The number of benzene rings is 4. The molecule has 0 aliphatic carbocycles. The maximum atomic E-state index is 11.7. The van der Waals surface area contributed by atoms with Crippen molar-refractivity contribution in [3.63, 3.8) is 0 Å². The minimum absolute atomic E-state index is 0.0880. The molecule has 0 saturated carbocycles. The fraction of sp³-hybridized carbons (Fsp3) is 0. The highest BCUT2D eigenvalue weighted by molar-refractivity contribution is 7.48. The fourth-order valence-electron chi connectivity index (χ4n) is 2.23. The van der Waals surface area contributed by atoms with E-state index in [-0.39, 0.29) is 34.5 Å². The molecule has 0 unspecified atom stereocenters. The van der Waals surface area contributed by atoms with E-state index < -0.39 is 7.82 Å². The summed E-state index contributed by atoms with van der Waals surface area (Å²) in [5, 5.41) is 34.6. The zero-order valence-electron chi connectivity index (χ0n) is 17.3. The predicted molar refractivity (Wildman–Crippen MR) is 124 cm³/mol. The lowest BCUT2D eigenvalue weighted by atomic mass is 10.3. The molecule has 0 spiro atoms. The van der Waals surface area contributed by atoms with E-state index in [2.05, 4.69) is 0 Å². The van der Waals surface area contributed by atoms with E-state index in [1.54, 1.807) is 72.8 Å². The van der Waals surface area contributed by atoms with Gasteiger partial charge in [0.25, 0.3) is 0 Å². The van der Waals surface area contributed by atoms with Gasteiger partial charge in [0, 0.05) is 12.1 Å². The highest BCUT2D eigenvalue weighted by Gasteiger charge is 2.24. The van der Waals surface area contributed by atoms with E-state index in [9.17, 15) is 9.46 Å². The van der Waals surface area contributed by atoms with Crippen LogP contribution < -0.4 is 9.05 Å². The summed E-state index contributed by atoms with van der Waals surface area (Å²) < 4.78 is 21.5. The number of para-hydroxylation sites is 2. The Balaban J connectivity index is 0.000000200. The summed E-state index contributed by atoms with van der Waals surface area (Å²) in [5.74, 6) is 0.925. The van der Waals surface area contributed by atoms with Crippen molar-refractivity contribution in [2.45, 2.75) is 0 Å². The van der Waals surface area contributed by atoms with E-state index >= 15 is 0 Å². The van der Waals surface area contributed by atoms with Crippen molar-refractivity contribution in [1.29, 1.82) is 0 Å². The normalized spacial score (nSPS) is 9.97. The maximum absolute atomic E-state index is 11.7. The first kappa shape index (κ1) is 25.1. The van der Waals surface area contributed by atoms with Gasteiger partial charge >= 0.3 is 7.82 Å². The Bertz CT molecular complexity index is 1030. The second-order valence-corrected chi connectivity index (χ2v) is 7.62. The largest absolute Gasteiger partial charge is 0.584 e. The van der Waals surface area contributed by atoms with Crippen molar-refractivity contribution in [3.05, 3.63) is 109 Å². The van der Waals surface area contributed by atoms with Crippen LogP contribution in [-0.2, 0) is 4.57 Å². The predicted octanol–water partition coefficient (Wildman–Crippen LogP) is 5.44. The first-order valence-corrected chi connectivity index (χ1v) is 11.0. The number of phosphoric acid groups is 1. The first-order chi connectivity index (χ1) is 15.7. The summed E-state index contributed by atoms with van der Waals surface area (Å²) in [5.41, 5.74) is 0. The molecule has 0 aromatic heterocycles. The Kier molecular flexibility index (Phi) is 9.64. The molecule has 4 rings (SSSR count). The number of rotatable bonds is 4. The van der Waals surface area contributed by atoms with Crippen LogP contribution in [0, 0.1) is 0 Å². The molecule has 4 aromatic rings. The zero-order valence-corrected chi connectivity index (χ0v) is 18.2. The topological polar surface area (TPSA) is 137 Å². The highest BCUT2D eigenvalue weighted by Crippen LogP contribution is 2.44. The van der Waals surface area contributed by atoms with Crippen LogP contribution in [-0.4, -0.2) is 25.3 Å². The van der Waals surface area contributed by atoms with Crippen molar-refractivity contribution >= 4 is 7.82 Å². The number of hydrogen-bond donors (Lipinski definition) is 5. The quantitative estimate of drug-likeness (QED) is 0.249. The van der Waals surface area contributed by atoms with Crippen LogP contribution >= 0.6 is 7.82 Å². The summed E-state index contributed by atoms with van der Waals surface area (Å²) in [6.07, 6.45) is 0. The van der Waals surface area contributed by atoms with Gasteiger partial charge in [-0.2, -0.15) is 0 Å². The summed E-state index contributed by atoms with van der Waals surface area (Å²) in [6.45, 7) is 0. The molecule has 4 aromatic carbocycles. The molecule has 172 valence electrons. The molecule has 0 saturated heterocycles. The van der Waals surface area contributed by atoms with Crippen molar-refractivity contribution in [1.82, 2.24) is 0 Å². The number of phenolic OH excluding ortho intramolecular Hbond substituents is 4. The molecule has 0 aliphatic rings. The van der Waals surface area contributed by atoms with Gasteiger partial charge in [-0.1, -0.05) is 48.5 Å². The van der Waals surface area contributed by atoms with E-state index in [0.29, 0.717) is 0 Å². The fourth-order valence-corrected chi connectivity index (χ4v) is 3.05. The minimum atomic E-state index is -4.14. The summed E-state index contributed by atoms with van der Waals surface area (Å²) in [6, 6.07) is 28.4. The van der Waals surface area contributed by atoms with Gasteiger partial charge in [-0.25, -0.2) is 4.57 Å². The van der Waals surface area contributed by atoms with Gasteiger partial charge in [-0.05, 0) is 48.5 Å². The second-order valence-electron chi connectivity index (χ2n) is 6.32. The Hall–Kier alpha value is -4.13. The van der Waals surface area contributed by atoms with Crippen LogP contribution in [0.15, 0.2) is 109 Å². The van der Waals surface area contributed by atoms with E-state index in [0.717, 1.165) is 0 Å². The Morgan fingerprint density at radius 1 is 0.485 bits per heavy atom. The molecule has 0 heterocycles. The molecule has 5 N–H and O–H groups in total. The molecule has 0 radical (unpaired) electrons. The Labute approximate surface area is 190 Å². The minimum Gasteiger partial charge on any atom is -0.508 e. The van der Waals surface area contributed by atoms with Gasteiger partial charge in [0.1, 0.15) is 34.5 Å². The first-order valence-electron chi connectivity index (χ1n) is 9.51.